The second-order valence-electron chi connectivity index (χ2n) is 4.61. The molecule has 0 atom stereocenters. The number of alkyl halides is 1. The molecule has 0 fully saturated rings. The van der Waals surface area contributed by atoms with Crippen LogP contribution in [0.2, 0.25) is 0 Å². The van der Waals surface area contributed by atoms with Crippen molar-refractivity contribution in [3.05, 3.63) is 47.5 Å². The molecule has 2 aromatic rings. The zero-order chi connectivity index (χ0) is 13.0. The molecular formula is C16H21Cl2N. The van der Waals surface area contributed by atoms with Gasteiger partial charge < -0.3 is 0 Å². The van der Waals surface area contributed by atoms with Crippen LogP contribution in [0, 0.1) is 0 Å². The minimum atomic E-state index is 0. The van der Waals surface area contributed by atoms with Crippen LogP contribution < -0.4 is 0 Å². The van der Waals surface area contributed by atoms with E-state index in [1.807, 2.05) is 0 Å². The monoisotopic (exact) mass is 297 g/mol. The Morgan fingerprint density at radius 2 is 1.42 bits per heavy atom. The average molecular weight is 298 g/mol. The van der Waals surface area contributed by atoms with Gasteiger partial charge in [0.15, 0.2) is 0 Å². The Morgan fingerprint density at radius 1 is 0.895 bits per heavy atom. The zero-order valence-electron chi connectivity index (χ0n) is 11.5. The number of hydrogen-bond donors (Lipinski definition) is 0. The minimum absolute atomic E-state index is 0. The predicted octanol–water partition coefficient (Wildman–Crippen LogP) is 4.84. The summed E-state index contributed by atoms with van der Waals surface area (Å²) in [5.41, 5.74) is 2.56. The third-order valence-electron chi connectivity index (χ3n) is 3.42. The molecule has 0 aliphatic carbocycles. The fraction of sp³-hybridized carbons (Fsp3) is 0.375. The van der Waals surface area contributed by atoms with Crippen LogP contribution in [0.25, 0.3) is 10.8 Å². The van der Waals surface area contributed by atoms with Gasteiger partial charge in [0.25, 0.3) is 0 Å². The lowest BCUT2D eigenvalue weighted by Gasteiger charge is -2.18. The van der Waals surface area contributed by atoms with E-state index in [4.69, 9.17) is 11.6 Å². The number of halogens is 2. The highest BCUT2D eigenvalue weighted by atomic mass is 35.5. The SMILES string of the molecule is CCN(CC)Cc1ccc2cc(CCl)ccc2c1.Cl. The minimum Gasteiger partial charge on any atom is -0.300 e. The van der Waals surface area contributed by atoms with Crippen molar-refractivity contribution in [1.29, 1.82) is 0 Å². The highest BCUT2D eigenvalue weighted by Crippen LogP contribution is 2.19. The van der Waals surface area contributed by atoms with Crippen molar-refractivity contribution in [3.63, 3.8) is 0 Å². The summed E-state index contributed by atoms with van der Waals surface area (Å²) >= 11 is 5.86. The molecule has 2 aromatic carbocycles. The van der Waals surface area contributed by atoms with Gasteiger partial charge in [0.05, 0.1) is 0 Å². The summed E-state index contributed by atoms with van der Waals surface area (Å²) in [7, 11) is 0. The maximum absolute atomic E-state index is 5.86. The van der Waals surface area contributed by atoms with E-state index in [-0.39, 0.29) is 12.4 Å². The molecule has 0 bridgehead atoms. The molecule has 0 aromatic heterocycles. The normalized spacial score (nSPS) is 10.7. The Balaban J connectivity index is 0.00000180. The molecular weight excluding hydrogens is 277 g/mol. The summed E-state index contributed by atoms with van der Waals surface area (Å²) in [6.45, 7) is 7.63. The second-order valence-corrected chi connectivity index (χ2v) is 4.88. The summed E-state index contributed by atoms with van der Waals surface area (Å²) in [5.74, 6) is 0.580. The number of rotatable bonds is 5. The van der Waals surface area contributed by atoms with Gasteiger partial charge in [0, 0.05) is 12.4 Å². The maximum Gasteiger partial charge on any atom is 0.0474 e. The standard InChI is InChI=1S/C16H20ClN.ClH/c1-3-18(4-2)12-14-6-8-15-9-13(11-17)5-7-16(15)10-14;/h5-10H,3-4,11-12H2,1-2H3;1H. The third kappa shape index (κ3) is 4.10. The van der Waals surface area contributed by atoms with E-state index in [2.05, 4.69) is 55.1 Å². The highest BCUT2D eigenvalue weighted by molar-refractivity contribution is 6.17. The van der Waals surface area contributed by atoms with Crippen LogP contribution in [-0.4, -0.2) is 18.0 Å². The molecule has 104 valence electrons. The molecule has 2 rings (SSSR count). The molecule has 0 saturated carbocycles. The van der Waals surface area contributed by atoms with Crippen molar-refractivity contribution in [2.45, 2.75) is 26.3 Å². The van der Waals surface area contributed by atoms with Gasteiger partial charge >= 0.3 is 0 Å². The molecule has 0 N–H and O–H groups in total. The Kier molecular flexibility index (Phi) is 6.64. The molecule has 0 spiro atoms. The fourth-order valence-corrected chi connectivity index (χ4v) is 2.40. The van der Waals surface area contributed by atoms with Gasteiger partial charge in [-0.1, -0.05) is 38.1 Å². The van der Waals surface area contributed by atoms with Gasteiger partial charge in [0.1, 0.15) is 0 Å². The van der Waals surface area contributed by atoms with Gasteiger partial charge in [-0.3, -0.25) is 4.90 Å². The molecule has 0 saturated heterocycles. The Bertz CT molecular complexity index is 521. The number of benzene rings is 2. The number of nitrogens with zero attached hydrogens (tertiary/aromatic N) is 1. The van der Waals surface area contributed by atoms with Crippen molar-refractivity contribution in [3.8, 4) is 0 Å². The number of hydrogen-bond acceptors (Lipinski definition) is 1. The zero-order valence-corrected chi connectivity index (χ0v) is 13.1. The van der Waals surface area contributed by atoms with Gasteiger partial charge in [-0.2, -0.15) is 0 Å². The third-order valence-corrected chi connectivity index (χ3v) is 3.73. The first-order valence-corrected chi connectivity index (χ1v) is 7.10. The summed E-state index contributed by atoms with van der Waals surface area (Å²) in [6, 6.07) is 13.1. The van der Waals surface area contributed by atoms with Gasteiger partial charge in [-0.25, -0.2) is 0 Å². The fourth-order valence-electron chi connectivity index (χ4n) is 2.23. The van der Waals surface area contributed by atoms with Crippen molar-refractivity contribution in [2.24, 2.45) is 0 Å². The van der Waals surface area contributed by atoms with Crippen LogP contribution in [0.4, 0.5) is 0 Å². The van der Waals surface area contributed by atoms with Crippen molar-refractivity contribution in [1.82, 2.24) is 4.90 Å². The second kappa shape index (κ2) is 7.74. The summed E-state index contributed by atoms with van der Waals surface area (Å²) in [5, 5.41) is 2.57. The highest BCUT2D eigenvalue weighted by Gasteiger charge is 2.02. The van der Waals surface area contributed by atoms with E-state index in [0.29, 0.717) is 5.88 Å². The average Bonchev–Trinajstić information content (AvgIpc) is 2.44. The van der Waals surface area contributed by atoms with Crippen LogP contribution in [0.5, 0.6) is 0 Å². The van der Waals surface area contributed by atoms with Gasteiger partial charge in [-0.15, -0.1) is 24.0 Å². The van der Waals surface area contributed by atoms with Gasteiger partial charge in [-0.05, 0) is 47.1 Å². The largest absolute Gasteiger partial charge is 0.300 e. The van der Waals surface area contributed by atoms with Gasteiger partial charge in [0.2, 0.25) is 0 Å². The first-order valence-electron chi connectivity index (χ1n) is 6.56. The summed E-state index contributed by atoms with van der Waals surface area (Å²) < 4.78 is 0. The molecule has 0 aliphatic heterocycles. The Hall–Kier alpha value is -0.760. The van der Waals surface area contributed by atoms with E-state index in [1.165, 1.54) is 21.9 Å². The van der Waals surface area contributed by atoms with E-state index in [9.17, 15) is 0 Å². The quantitative estimate of drug-likeness (QED) is 0.714. The van der Waals surface area contributed by atoms with Crippen LogP contribution in [0.15, 0.2) is 36.4 Å². The summed E-state index contributed by atoms with van der Waals surface area (Å²) in [6.07, 6.45) is 0. The molecule has 3 heteroatoms. The number of fused-ring (bicyclic) bond motifs is 1. The molecule has 0 amide bonds. The molecule has 0 heterocycles. The van der Waals surface area contributed by atoms with E-state index in [1.54, 1.807) is 0 Å². The first-order chi connectivity index (χ1) is 8.76. The summed E-state index contributed by atoms with van der Waals surface area (Å²) in [4.78, 5) is 2.42. The van der Waals surface area contributed by atoms with Crippen molar-refractivity contribution in [2.75, 3.05) is 13.1 Å². The lowest BCUT2D eigenvalue weighted by Crippen LogP contribution is -2.21. The molecule has 19 heavy (non-hydrogen) atoms. The van der Waals surface area contributed by atoms with E-state index >= 15 is 0 Å². The van der Waals surface area contributed by atoms with Crippen molar-refractivity contribution >= 4 is 34.8 Å². The molecule has 0 unspecified atom stereocenters. The topological polar surface area (TPSA) is 3.24 Å². The van der Waals surface area contributed by atoms with E-state index in [0.717, 1.165) is 19.6 Å². The van der Waals surface area contributed by atoms with Crippen molar-refractivity contribution < 1.29 is 0 Å². The smallest absolute Gasteiger partial charge is 0.0474 e. The van der Waals surface area contributed by atoms with Crippen LogP contribution in [0.1, 0.15) is 25.0 Å². The predicted molar refractivity (Wildman–Crippen MR) is 87.4 cm³/mol. The Labute approximate surface area is 127 Å². The lowest BCUT2D eigenvalue weighted by atomic mass is 10.0. The van der Waals surface area contributed by atoms with Crippen LogP contribution >= 0.6 is 24.0 Å². The van der Waals surface area contributed by atoms with Crippen LogP contribution in [-0.2, 0) is 12.4 Å². The lowest BCUT2D eigenvalue weighted by molar-refractivity contribution is 0.296. The van der Waals surface area contributed by atoms with E-state index < -0.39 is 0 Å². The molecule has 0 aliphatic rings. The molecule has 1 nitrogen and oxygen atoms in total. The first kappa shape index (κ1) is 16.3. The maximum atomic E-state index is 5.86. The van der Waals surface area contributed by atoms with Crippen LogP contribution in [0.3, 0.4) is 0 Å². The Morgan fingerprint density at radius 3 is 1.95 bits per heavy atom. The molecule has 0 radical (unpaired) electrons.